The largest absolute Gasteiger partial charge is 0.391 e. The number of fused-ring (bicyclic) bond motifs is 5. The summed E-state index contributed by atoms with van der Waals surface area (Å²) in [6.45, 7) is 6.32. The van der Waals surface area contributed by atoms with Crippen molar-refractivity contribution in [1.29, 1.82) is 0 Å². The Morgan fingerprint density at radius 3 is 2.62 bits per heavy atom. The molecule has 4 unspecified atom stereocenters. The standard InChI is InChI=1S/C17H20N2O2/c1-17(2,3)19-12-9-11(16(19)20)15-13(12)14(18-21-15)10-7-5-4-6-8-10/h4-8,11-13,15H,9H2,1-3H3. The van der Waals surface area contributed by atoms with Gasteiger partial charge in [-0.2, -0.15) is 0 Å². The van der Waals surface area contributed by atoms with E-state index in [0.29, 0.717) is 0 Å². The number of amides is 1. The number of carbonyl (C=O) groups excluding carboxylic acids is 1. The molecule has 4 nitrogen and oxygen atoms in total. The van der Waals surface area contributed by atoms with Gasteiger partial charge in [0.25, 0.3) is 0 Å². The number of benzene rings is 1. The summed E-state index contributed by atoms with van der Waals surface area (Å²) in [6.07, 6.45) is 0.841. The summed E-state index contributed by atoms with van der Waals surface area (Å²) in [5.74, 6) is 0.428. The number of oxime groups is 1. The third kappa shape index (κ3) is 1.68. The van der Waals surface area contributed by atoms with Crippen molar-refractivity contribution in [2.45, 2.75) is 44.9 Å². The van der Waals surface area contributed by atoms with E-state index in [1.54, 1.807) is 0 Å². The van der Waals surface area contributed by atoms with Gasteiger partial charge in [0.15, 0.2) is 0 Å². The Morgan fingerprint density at radius 1 is 1.24 bits per heavy atom. The van der Waals surface area contributed by atoms with Crippen LogP contribution in [0.25, 0.3) is 0 Å². The van der Waals surface area contributed by atoms with Gasteiger partial charge in [0.2, 0.25) is 5.91 Å². The number of rotatable bonds is 1. The molecule has 2 heterocycles. The number of nitrogens with zero attached hydrogens (tertiary/aromatic N) is 2. The van der Waals surface area contributed by atoms with E-state index >= 15 is 0 Å². The highest BCUT2D eigenvalue weighted by molar-refractivity contribution is 6.05. The van der Waals surface area contributed by atoms with Crippen LogP contribution in [0.15, 0.2) is 35.5 Å². The summed E-state index contributed by atoms with van der Waals surface area (Å²) < 4.78 is 0. The molecule has 4 atom stereocenters. The summed E-state index contributed by atoms with van der Waals surface area (Å²) in [5.41, 5.74) is 1.97. The van der Waals surface area contributed by atoms with Crippen LogP contribution < -0.4 is 0 Å². The molecule has 1 aliphatic carbocycles. The summed E-state index contributed by atoms with van der Waals surface area (Å²) in [5, 5.41) is 4.32. The molecular formula is C17H20N2O2. The van der Waals surface area contributed by atoms with Crippen LogP contribution in [0.1, 0.15) is 32.8 Å². The lowest BCUT2D eigenvalue weighted by atomic mass is 9.85. The highest BCUT2D eigenvalue weighted by atomic mass is 16.6. The Balaban J connectivity index is 1.72. The first-order valence-corrected chi connectivity index (χ1v) is 7.61. The molecule has 1 amide bonds. The topological polar surface area (TPSA) is 41.9 Å². The predicted octanol–water partition coefficient (Wildman–Crippen LogP) is 2.43. The molecule has 0 radical (unpaired) electrons. The SMILES string of the molecule is CC(C)(C)N1C(=O)C2CC1C1C(c3ccccc3)=NOC21. The Kier molecular flexibility index (Phi) is 2.51. The minimum Gasteiger partial charge on any atom is -0.391 e. The molecule has 3 aliphatic rings. The quantitative estimate of drug-likeness (QED) is 0.795. The maximum atomic E-state index is 12.6. The van der Waals surface area contributed by atoms with E-state index in [0.717, 1.165) is 17.7 Å². The molecule has 4 heteroatoms. The molecular weight excluding hydrogens is 264 g/mol. The molecule has 1 aromatic carbocycles. The van der Waals surface area contributed by atoms with Crippen molar-refractivity contribution in [1.82, 2.24) is 4.90 Å². The fourth-order valence-electron chi connectivity index (χ4n) is 4.20. The molecule has 0 aromatic heterocycles. The van der Waals surface area contributed by atoms with Gasteiger partial charge < -0.3 is 9.74 Å². The predicted molar refractivity (Wildman–Crippen MR) is 79.8 cm³/mol. The van der Waals surface area contributed by atoms with Gasteiger partial charge >= 0.3 is 0 Å². The second kappa shape index (κ2) is 4.09. The average molecular weight is 284 g/mol. The Hall–Kier alpha value is -1.84. The van der Waals surface area contributed by atoms with E-state index < -0.39 is 0 Å². The van der Waals surface area contributed by atoms with Crippen molar-refractivity contribution in [2.24, 2.45) is 17.0 Å². The highest BCUT2D eigenvalue weighted by Crippen LogP contribution is 2.50. The van der Waals surface area contributed by atoms with E-state index in [9.17, 15) is 4.79 Å². The van der Waals surface area contributed by atoms with Crippen molar-refractivity contribution in [2.75, 3.05) is 0 Å². The van der Waals surface area contributed by atoms with E-state index in [1.165, 1.54) is 0 Å². The van der Waals surface area contributed by atoms with Gasteiger partial charge in [-0.25, -0.2) is 0 Å². The monoisotopic (exact) mass is 284 g/mol. The fourth-order valence-corrected chi connectivity index (χ4v) is 4.20. The van der Waals surface area contributed by atoms with Gasteiger partial charge in [0.1, 0.15) is 6.10 Å². The second-order valence-corrected chi connectivity index (χ2v) is 7.23. The Bertz CT molecular complexity index is 617. The molecule has 0 spiro atoms. The van der Waals surface area contributed by atoms with Crippen LogP contribution in [0.3, 0.4) is 0 Å². The summed E-state index contributed by atoms with van der Waals surface area (Å²) in [7, 11) is 0. The molecule has 1 saturated heterocycles. The van der Waals surface area contributed by atoms with Gasteiger partial charge in [0, 0.05) is 11.6 Å². The lowest BCUT2D eigenvalue weighted by Gasteiger charge is -2.42. The number of likely N-dealkylation sites (tertiary alicyclic amines) is 1. The molecule has 0 N–H and O–H groups in total. The Labute approximate surface area is 124 Å². The van der Waals surface area contributed by atoms with Crippen LogP contribution in [0.5, 0.6) is 0 Å². The lowest BCUT2D eigenvalue weighted by Crippen LogP contribution is -2.56. The first-order valence-electron chi connectivity index (χ1n) is 7.61. The van der Waals surface area contributed by atoms with Crippen LogP contribution in [0, 0.1) is 11.8 Å². The number of hydrogen-bond acceptors (Lipinski definition) is 3. The second-order valence-electron chi connectivity index (χ2n) is 7.23. The van der Waals surface area contributed by atoms with E-state index in [4.69, 9.17) is 4.84 Å². The molecule has 2 bridgehead atoms. The van der Waals surface area contributed by atoms with Crippen molar-refractivity contribution < 1.29 is 9.63 Å². The maximum absolute atomic E-state index is 12.6. The van der Waals surface area contributed by atoms with Crippen LogP contribution in [-0.2, 0) is 9.63 Å². The molecule has 1 aromatic rings. The minimum atomic E-state index is -0.147. The summed E-state index contributed by atoms with van der Waals surface area (Å²) in [6, 6.07) is 10.4. The van der Waals surface area contributed by atoms with Crippen LogP contribution in [0.2, 0.25) is 0 Å². The number of piperidine rings is 1. The third-order valence-corrected chi connectivity index (χ3v) is 4.93. The molecule has 4 rings (SSSR count). The molecule has 2 fully saturated rings. The van der Waals surface area contributed by atoms with Gasteiger partial charge in [-0.15, -0.1) is 0 Å². The summed E-state index contributed by atoms with van der Waals surface area (Å²) in [4.78, 5) is 20.3. The number of hydrogen-bond donors (Lipinski definition) is 0. The van der Waals surface area contributed by atoms with Crippen LogP contribution in [-0.4, -0.2) is 34.2 Å². The van der Waals surface area contributed by atoms with Crippen molar-refractivity contribution in [3.63, 3.8) is 0 Å². The molecule has 21 heavy (non-hydrogen) atoms. The molecule has 110 valence electrons. The van der Waals surface area contributed by atoms with Gasteiger partial charge in [0.05, 0.1) is 17.5 Å². The fraction of sp³-hybridized carbons (Fsp3) is 0.529. The normalized spacial score (nSPS) is 34.0. The number of carbonyl (C=O) groups is 1. The van der Waals surface area contributed by atoms with Gasteiger partial charge in [-0.05, 0) is 32.8 Å². The van der Waals surface area contributed by atoms with E-state index in [-0.39, 0.29) is 35.4 Å². The summed E-state index contributed by atoms with van der Waals surface area (Å²) >= 11 is 0. The van der Waals surface area contributed by atoms with Crippen LogP contribution >= 0.6 is 0 Å². The first-order chi connectivity index (χ1) is 9.98. The van der Waals surface area contributed by atoms with Crippen molar-refractivity contribution >= 4 is 11.6 Å². The zero-order chi connectivity index (χ0) is 14.8. The zero-order valence-electron chi connectivity index (χ0n) is 12.6. The highest BCUT2D eigenvalue weighted by Gasteiger charge is 2.63. The van der Waals surface area contributed by atoms with Gasteiger partial charge in [-0.1, -0.05) is 35.5 Å². The van der Waals surface area contributed by atoms with Crippen molar-refractivity contribution in [3.05, 3.63) is 35.9 Å². The maximum Gasteiger partial charge on any atom is 0.230 e. The van der Waals surface area contributed by atoms with Crippen molar-refractivity contribution in [3.8, 4) is 0 Å². The smallest absolute Gasteiger partial charge is 0.230 e. The molecule has 2 aliphatic heterocycles. The van der Waals surface area contributed by atoms with Crippen LogP contribution in [0.4, 0.5) is 0 Å². The Morgan fingerprint density at radius 2 is 1.95 bits per heavy atom. The average Bonchev–Trinajstić information content (AvgIpc) is 3.07. The molecule has 1 saturated carbocycles. The van der Waals surface area contributed by atoms with E-state index in [2.05, 4.69) is 43.0 Å². The zero-order valence-corrected chi connectivity index (χ0v) is 12.6. The lowest BCUT2D eigenvalue weighted by molar-refractivity contribution is -0.146. The minimum absolute atomic E-state index is 0.0239. The van der Waals surface area contributed by atoms with E-state index in [1.807, 2.05) is 18.2 Å². The third-order valence-electron chi connectivity index (χ3n) is 4.93. The first kappa shape index (κ1) is 12.9. The van der Waals surface area contributed by atoms with Gasteiger partial charge in [-0.3, -0.25) is 4.79 Å².